The fourth-order valence-corrected chi connectivity index (χ4v) is 4.60. The second kappa shape index (κ2) is 5.41. The van der Waals surface area contributed by atoms with Gasteiger partial charge >= 0.3 is 0 Å². The Labute approximate surface area is 114 Å². The van der Waals surface area contributed by atoms with Crippen LogP contribution in [-0.4, -0.2) is 36.2 Å². The minimum atomic E-state index is 0.395. The van der Waals surface area contributed by atoms with Crippen molar-refractivity contribution < 1.29 is 4.74 Å². The van der Waals surface area contributed by atoms with Gasteiger partial charge in [-0.2, -0.15) is 0 Å². The van der Waals surface area contributed by atoms with Gasteiger partial charge in [0.1, 0.15) is 0 Å². The summed E-state index contributed by atoms with van der Waals surface area (Å²) in [6.07, 6.45) is 8.24. The van der Waals surface area contributed by atoms with Gasteiger partial charge in [-0.05, 0) is 38.0 Å². The topological polar surface area (TPSA) is 33.6 Å². The van der Waals surface area contributed by atoms with Crippen LogP contribution in [-0.2, 0) is 4.74 Å². The van der Waals surface area contributed by atoms with Crippen LogP contribution in [0.3, 0.4) is 0 Å². The van der Waals surface area contributed by atoms with Crippen molar-refractivity contribution in [3.8, 4) is 0 Å². The molecule has 2 heterocycles. The van der Waals surface area contributed by atoms with Crippen molar-refractivity contribution in [2.45, 2.75) is 57.6 Å². The Morgan fingerprint density at radius 2 is 2.22 bits per heavy atom. The maximum absolute atomic E-state index is 5.59. The molecular formula is C14H24N2OS. The van der Waals surface area contributed by atoms with E-state index in [-0.39, 0.29) is 0 Å². The van der Waals surface area contributed by atoms with Crippen LogP contribution < -0.4 is 5.32 Å². The van der Waals surface area contributed by atoms with Crippen LogP contribution in [0.15, 0.2) is 4.99 Å². The van der Waals surface area contributed by atoms with Crippen LogP contribution >= 0.6 is 11.8 Å². The van der Waals surface area contributed by atoms with Gasteiger partial charge < -0.3 is 10.1 Å². The van der Waals surface area contributed by atoms with Crippen LogP contribution in [0, 0.1) is 5.41 Å². The summed E-state index contributed by atoms with van der Waals surface area (Å²) in [5.74, 6) is 1.28. The number of hydrogen-bond acceptors (Lipinski definition) is 4. The zero-order chi connectivity index (χ0) is 12.4. The van der Waals surface area contributed by atoms with Crippen LogP contribution in [0.25, 0.3) is 0 Å². The second-order valence-corrected chi connectivity index (χ2v) is 7.13. The van der Waals surface area contributed by atoms with Gasteiger partial charge in [0, 0.05) is 24.9 Å². The summed E-state index contributed by atoms with van der Waals surface area (Å²) in [4.78, 5) is 4.81. The van der Waals surface area contributed by atoms with Gasteiger partial charge in [0.2, 0.25) is 0 Å². The van der Waals surface area contributed by atoms with Crippen molar-refractivity contribution in [2.24, 2.45) is 10.4 Å². The summed E-state index contributed by atoms with van der Waals surface area (Å²) in [5.41, 5.74) is 0.554. The first kappa shape index (κ1) is 12.8. The number of nitrogens with one attached hydrogen (secondary N) is 1. The Bertz CT molecular complexity index is 326. The lowest BCUT2D eigenvalue weighted by molar-refractivity contribution is 0.0168. The first-order valence-corrected chi connectivity index (χ1v) is 8.30. The van der Waals surface area contributed by atoms with Gasteiger partial charge in [-0.3, -0.25) is 4.99 Å². The molecule has 3 nitrogen and oxygen atoms in total. The maximum Gasteiger partial charge on any atom is 0.156 e. The molecule has 2 unspecified atom stereocenters. The third-order valence-electron chi connectivity index (χ3n) is 4.55. The first-order chi connectivity index (χ1) is 8.76. The van der Waals surface area contributed by atoms with Gasteiger partial charge in [0.05, 0.1) is 6.10 Å². The maximum atomic E-state index is 5.59. The predicted octanol–water partition coefficient (Wildman–Crippen LogP) is 2.81. The Morgan fingerprint density at radius 1 is 1.39 bits per heavy atom. The number of aliphatic imine (C=N–C) groups is 1. The molecule has 2 fully saturated rings. The van der Waals surface area contributed by atoms with Crippen molar-refractivity contribution in [2.75, 3.05) is 18.9 Å². The van der Waals surface area contributed by atoms with Crippen molar-refractivity contribution >= 4 is 16.9 Å². The van der Waals surface area contributed by atoms with Crippen LogP contribution in [0.4, 0.5) is 0 Å². The molecule has 3 rings (SSSR count). The molecule has 3 aliphatic rings. The molecule has 18 heavy (non-hydrogen) atoms. The molecule has 4 heteroatoms. The fourth-order valence-electron chi connectivity index (χ4n) is 3.37. The molecule has 1 saturated carbocycles. The molecule has 2 aliphatic heterocycles. The highest BCUT2D eigenvalue weighted by Gasteiger charge is 2.36. The number of nitrogens with zero attached hydrogens (tertiary/aromatic N) is 1. The summed E-state index contributed by atoms with van der Waals surface area (Å²) < 4.78 is 5.59. The smallest absolute Gasteiger partial charge is 0.156 e. The molecule has 0 aromatic heterocycles. The van der Waals surface area contributed by atoms with Crippen LogP contribution in [0.2, 0.25) is 0 Å². The molecule has 1 N–H and O–H groups in total. The van der Waals surface area contributed by atoms with Gasteiger partial charge in [-0.25, -0.2) is 0 Å². The van der Waals surface area contributed by atoms with Gasteiger partial charge in [-0.15, -0.1) is 0 Å². The van der Waals surface area contributed by atoms with Crippen LogP contribution in [0.1, 0.15) is 45.4 Å². The SMILES string of the molecule is CC1CC(NC2=NCC3(CCCC3)CS2)CCO1. The lowest BCUT2D eigenvalue weighted by atomic mass is 9.89. The van der Waals surface area contributed by atoms with E-state index in [1.54, 1.807) is 0 Å². The van der Waals surface area contributed by atoms with Crippen molar-refractivity contribution in [1.82, 2.24) is 5.32 Å². The Balaban J connectivity index is 1.53. The molecule has 1 spiro atoms. The molecule has 0 radical (unpaired) electrons. The Morgan fingerprint density at radius 3 is 2.89 bits per heavy atom. The van der Waals surface area contributed by atoms with E-state index in [2.05, 4.69) is 12.2 Å². The van der Waals surface area contributed by atoms with E-state index in [4.69, 9.17) is 9.73 Å². The normalized spacial score (nSPS) is 35.5. The minimum absolute atomic E-state index is 0.395. The predicted molar refractivity (Wildman–Crippen MR) is 77.2 cm³/mol. The van der Waals surface area contributed by atoms with Crippen molar-refractivity contribution in [3.63, 3.8) is 0 Å². The highest BCUT2D eigenvalue weighted by Crippen LogP contribution is 2.43. The Hall–Kier alpha value is -0.220. The number of rotatable bonds is 1. The molecule has 102 valence electrons. The molecule has 0 bridgehead atoms. The molecule has 1 saturated heterocycles. The Kier molecular flexibility index (Phi) is 3.85. The summed E-state index contributed by atoms with van der Waals surface area (Å²) in [7, 11) is 0. The summed E-state index contributed by atoms with van der Waals surface area (Å²) in [6, 6.07) is 0.567. The van der Waals surface area contributed by atoms with Gasteiger partial charge in [0.25, 0.3) is 0 Å². The van der Waals surface area contributed by atoms with Gasteiger partial charge in [-0.1, -0.05) is 24.6 Å². The van der Waals surface area contributed by atoms with Crippen molar-refractivity contribution in [3.05, 3.63) is 0 Å². The van der Waals surface area contributed by atoms with E-state index in [1.165, 1.54) is 36.6 Å². The zero-order valence-corrected chi connectivity index (χ0v) is 12.1. The van der Waals surface area contributed by atoms with E-state index >= 15 is 0 Å². The minimum Gasteiger partial charge on any atom is -0.378 e. The zero-order valence-electron chi connectivity index (χ0n) is 11.3. The molecular weight excluding hydrogens is 244 g/mol. The van der Waals surface area contributed by atoms with E-state index in [0.29, 0.717) is 17.6 Å². The van der Waals surface area contributed by atoms with Crippen LogP contribution in [0.5, 0.6) is 0 Å². The highest BCUT2D eigenvalue weighted by atomic mass is 32.2. The standard InChI is InChI=1S/C14H24N2OS/c1-11-8-12(4-7-17-11)16-13-15-9-14(10-18-13)5-2-3-6-14/h11-12H,2-10H2,1H3,(H,15,16). The third kappa shape index (κ3) is 2.85. The number of ether oxygens (including phenoxy) is 1. The van der Waals surface area contributed by atoms with E-state index in [9.17, 15) is 0 Å². The quantitative estimate of drug-likeness (QED) is 0.794. The largest absolute Gasteiger partial charge is 0.378 e. The van der Waals surface area contributed by atoms with E-state index in [0.717, 1.165) is 26.0 Å². The number of amidine groups is 1. The molecule has 0 amide bonds. The lowest BCUT2D eigenvalue weighted by Crippen LogP contribution is -2.42. The monoisotopic (exact) mass is 268 g/mol. The third-order valence-corrected chi connectivity index (χ3v) is 5.83. The second-order valence-electron chi connectivity index (χ2n) is 6.16. The summed E-state index contributed by atoms with van der Waals surface area (Å²) in [6.45, 7) is 4.11. The molecule has 1 aliphatic carbocycles. The highest BCUT2D eigenvalue weighted by molar-refractivity contribution is 8.13. The molecule has 0 aromatic carbocycles. The number of hydrogen-bond donors (Lipinski definition) is 1. The molecule has 0 aromatic rings. The summed E-state index contributed by atoms with van der Waals surface area (Å²) in [5, 5.41) is 4.81. The van der Waals surface area contributed by atoms with Crippen molar-refractivity contribution in [1.29, 1.82) is 0 Å². The lowest BCUT2D eigenvalue weighted by Gasteiger charge is -2.34. The van der Waals surface area contributed by atoms with E-state index in [1.807, 2.05) is 11.8 Å². The first-order valence-electron chi connectivity index (χ1n) is 7.31. The number of thioether (sulfide) groups is 1. The average molecular weight is 268 g/mol. The van der Waals surface area contributed by atoms with E-state index < -0.39 is 0 Å². The average Bonchev–Trinajstić information content (AvgIpc) is 2.81. The molecule has 2 atom stereocenters. The summed E-state index contributed by atoms with van der Waals surface area (Å²) >= 11 is 1.95. The fraction of sp³-hybridized carbons (Fsp3) is 0.929. The van der Waals surface area contributed by atoms with Gasteiger partial charge in [0.15, 0.2) is 5.17 Å².